The van der Waals surface area contributed by atoms with E-state index in [9.17, 15) is 4.79 Å². The summed E-state index contributed by atoms with van der Waals surface area (Å²) in [7, 11) is 0. The van der Waals surface area contributed by atoms with E-state index in [2.05, 4.69) is 86.6 Å². The molecule has 0 saturated carbocycles. The van der Waals surface area contributed by atoms with Gasteiger partial charge in [-0.25, -0.2) is 0 Å². The van der Waals surface area contributed by atoms with Crippen molar-refractivity contribution in [2.45, 2.75) is 168 Å². The lowest BCUT2D eigenvalue weighted by molar-refractivity contribution is 0.112. The number of aryl methyl sites for hydroxylation is 2. The molecule has 3 atom stereocenters. The minimum atomic E-state index is 0. The van der Waals surface area contributed by atoms with Crippen molar-refractivity contribution in [2.75, 3.05) is 19.8 Å². The summed E-state index contributed by atoms with van der Waals surface area (Å²) in [6, 6.07) is 8.21. The van der Waals surface area contributed by atoms with Crippen molar-refractivity contribution in [3.8, 4) is 17.2 Å². The molecule has 0 aromatic heterocycles. The van der Waals surface area contributed by atoms with Crippen molar-refractivity contribution < 1.29 is 19.0 Å². The van der Waals surface area contributed by atoms with E-state index in [-0.39, 0.29) is 14.9 Å². The fourth-order valence-corrected chi connectivity index (χ4v) is 6.18. The number of carbonyl (C=O) groups excluding carboxylic acids is 1. The van der Waals surface area contributed by atoms with E-state index in [0.717, 1.165) is 83.5 Å². The number of allylic oxidation sites excluding steroid dienone is 2. The Morgan fingerprint density at radius 1 is 0.547 bits per heavy atom. The topological polar surface area (TPSA) is 44.8 Å². The van der Waals surface area contributed by atoms with Gasteiger partial charge in [0.05, 0.1) is 19.8 Å². The first-order valence-electron chi connectivity index (χ1n) is 20.5. The van der Waals surface area contributed by atoms with E-state index in [1.54, 1.807) is 0 Å². The highest BCUT2D eigenvalue weighted by Gasteiger charge is 2.14. The van der Waals surface area contributed by atoms with Crippen LogP contribution in [0.25, 0.3) is 12.2 Å². The Hall–Kier alpha value is -3.01. The summed E-state index contributed by atoms with van der Waals surface area (Å²) in [6.07, 6.45) is 23.9. The van der Waals surface area contributed by atoms with E-state index in [1.807, 2.05) is 38.1 Å². The molecule has 0 aliphatic carbocycles. The van der Waals surface area contributed by atoms with E-state index >= 15 is 0 Å². The van der Waals surface area contributed by atoms with Crippen LogP contribution in [0.3, 0.4) is 0 Å². The third-order valence-electron chi connectivity index (χ3n) is 10.0. The van der Waals surface area contributed by atoms with Gasteiger partial charge in [-0.1, -0.05) is 145 Å². The molecule has 0 aliphatic heterocycles. The average Bonchev–Trinajstić information content (AvgIpc) is 3.12. The van der Waals surface area contributed by atoms with Crippen molar-refractivity contribution in [3.63, 3.8) is 0 Å². The lowest BCUT2D eigenvalue weighted by Crippen LogP contribution is -2.13. The Balaban J connectivity index is 0. The van der Waals surface area contributed by atoms with Gasteiger partial charge in [-0.3, -0.25) is 4.79 Å². The summed E-state index contributed by atoms with van der Waals surface area (Å²) in [5.41, 5.74) is 4.97. The second kappa shape index (κ2) is 31.4. The first kappa shape index (κ1) is 52.1. The number of unbranched alkanes of at least 4 members (excludes halogenated alkanes) is 2. The van der Waals surface area contributed by atoms with Crippen LogP contribution < -0.4 is 14.2 Å². The van der Waals surface area contributed by atoms with Crippen LogP contribution in [-0.2, 0) is 0 Å². The van der Waals surface area contributed by atoms with Crippen LogP contribution in [0.4, 0.5) is 0 Å². The van der Waals surface area contributed by atoms with Gasteiger partial charge in [0.2, 0.25) is 0 Å². The lowest BCUT2D eigenvalue weighted by Gasteiger charge is -2.20. The maximum absolute atomic E-state index is 11.1. The van der Waals surface area contributed by atoms with Gasteiger partial charge in [0, 0.05) is 16.7 Å². The molecule has 0 aliphatic rings. The molecule has 2 aromatic rings. The van der Waals surface area contributed by atoms with Crippen LogP contribution in [-0.4, -0.2) is 26.1 Å². The van der Waals surface area contributed by atoms with Crippen LogP contribution in [0.2, 0.25) is 0 Å². The minimum Gasteiger partial charge on any atom is -0.493 e. The third-order valence-corrected chi connectivity index (χ3v) is 10.0. The quantitative estimate of drug-likeness (QED) is 0.0952. The zero-order chi connectivity index (χ0) is 38.0. The van der Waals surface area contributed by atoms with E-state index < -0.39 is 0 Å². The molecule has 0 N–H and O–H groups in total. The zero-order valence-corrected chi connectivity index (χ0v) is 34.7. The smallest absolute Gasteiger partial charge is 0.150 e. The minimum absolute atomic E-state index is 0. The van der Waals surface area contributed by atoms with E-state index in [4.69, 9.17) is 14.2 Å². The van der Waals surface area contributed by atoms with Crippen molar-refractivity contribution in [3.05, 3.63) is 64.2 Å². The molecule has 53 heavy (non-hydrogen) atoms. The summed E-state index contributed by atoms with van der Waals surface area (Å²) < 4.78 is 18.6. The molecule has 0 fully saturated rings. The summed E-state index contributed by atoms with van der Waals surface area (Å²) >= 11 is 0. The van der Waals surface area contributed by atoms with Crippen molar-refractivity contribution in [1.82, 2.24) is 0 Å². The van der Waals surface area contributed by atoms with Gasteiger partial charge in [0.1, 0.15) is 23.5 Å². The molecule has 0 heterocycles. The molecule has 0 bridgehead atoms. The van der Waals surface area contributed by atoms with Crippen LogP contribution >= 0.6 is 0 Å². The molecule has 4 nitrogen and oxygen atoms in total. The van der Waals surface area contributed by atoms with E-state index in [0.29, 0.717) is 17.8 Å². The van der Waals surface area contributed by atoms with E-state index in [1.165, 1.54) is 70.6 Å². The average molecular weight is 737 g/mol. The monoisotopic (exact) mass is 737 g/mol. The Morgan fingerprint density at radius 3 is 1.36 bits per heavy atom. The van der Waals surface area contributed by atoms with Crippen LogP contribution in [0.15, 0.2) is 36.4 Å². The Morgan fingerprint density at radius 2 is 0.962 bits per heavy atom. The van der Waals surface area contributed by atoms with Crippen LogP contribution in [0.5, 0.6) is 17.2 Å². The van der Waals surface area contributed by atoms with Crippen molar-refractivity contribution >= 4 is 18.4 Å². The van der Waals surface area contributed by atoms with Crippen molar-refractivity contribution in [1.29, 1.82) is 0 Å². The lowest BCUT2D eigenvalue weighted by atomic mass is 9.97. The highest BCUT2D eigenvalue weighted by molar-refractivity contribution is 5.80. The largest absolute Gasteiger partial charge is 0.493 e. The molecule has 4 heteroatoms. The summed E-state index contributed by atoms with van der Waals surface area (Å²) in [6.45, 7) is 26.3. The molecule has 0 spiro atoms. The fourth-order valence-electron chi connectivity index (χ4n) is 6.18. The standard InChI is InChI=1S/C26H44O2.C21H32O2.2CH4/c1-7-12-15-22(10-4)19-27-25-18-24(14-9-3)26(17-21(25)6)28-20-23(11-5)16-13-8-2;1-6-9-19-13-20(14-22)17(5)12-21(19)23-15-18(7-2)11-8-10-16(3)4;;/h9,14,17-18,22-23H,7-8,10-13,15-16,19-20H2,1-6H3;6,9,12-14,16,18H,7-8,10-11,15H2,1-5H3;2*1H4/b14-9+;9-6+;;. The van der Waals surface area contributed by atoms with Crippen molar-refractivity contribution in [2.24, 2.45) is 23.7 Å². The number of aldehydes is 1. The van der Waals surface area contributed by atoms with Gasteiger partial charge in [-0.15, -0.1) is 0 Å². The first-order valence-corrected chi connectivity index (χ1v) is 20.5. The second-order valence-corrected chi connectivity index (χ2v) is 14.9. The predicted octanol–water partition coefficient (Wildman–Crippen LogP) is 15.6. The molecular formula is C49H84O4. The number of ether oxygens (including phenoxy) is 3. The van der Waals surface area contributed by atoms with Gasteiger partial charge in [0.25, 0.3) is 0 Å². The highest BCUT2D eigenvalue weighted by Crippen LogP contribution is 2.32. The number of carbonyl (C=O) groups is 1. The maximum atomic E-state index is 11.1. The van der Waals surface area contributed by atoms with Gasteiger partial charge >= 0.3 is 0 Å². The number of rotatable bonds is 25. The Labute approximate surface area is 329 Å². The third kappa shape index (κ3) is 20.9. The number of hydrogen-bond acceptors (Lipinski definition) is 4. The van der Waals surface area contributed by atoms with Crippen LogP contribution in [0.1, 0.15) is 187 Å². The van der Waals surface area contributed by atoms with Crippen LogP contribution in [0, 0.1) is 37.5 Å². The first-order chi connectivity index (χ1) is 24.6. The Kier molecular flexibility index (Phi) is 30.8. The normalized spacial score (nSPS) is 12.8. The molecule has 304 valence electrons. The molecule has 2 rings (SSSR count). The van der Waals surface area contributed by atoms with Gasteiger partial charge in [0.15, 0.2) is 0 Å². The highest BCUT2D eigenvalue weighted by atomic mass is 16.5. The van der Waals surface area contributed by atoms with Gasteiger partial charge in [-0.05, 0) is 106 Å². The summed E-state index contributed by atoms with van der Waals surface area (Å²) in [5.74, 6) is 5.51. The molecule has 0 saturated heterocycles. The summed E-state index contributed by atoms with van der Waals surface area (Å²) in [4.78, 5) is 11.1. The zero-order valence-electron chi connectivity index (χ0n) is 34.7. The number of benzene rings is 2. The molecular weight excluding hydrogens is 653 g/mol. The van der Waals surface area contributed by atoms with Gasteiger partial charge < -0.3 is 14.2 Å². The molecule has 3 unspecified atom stereocenters. The SMILES string of the molecule is C.C.C/C=C/c1cc(C=O)c(C)cc1OCC(CC)CCCC(C)C.C/C=C/c1cc(OCC(CC)CCCC)c(C)cc1OCC(CC)CCCC. The Bertz CT molecular complexity index is 1270. The molecule has 0 radical (unpaired) electrons. The predicted molar refractivity (Wildman–Crippen MR) is 236 cm³/mol. The van der Waals surface area contributed by atoms with Gasteiger partial charge in [-0.2, -0.15) is 0 Å². The maximum Gasteiger partial charge on any atom is 0.150 e. The number of hydrogen-bond donors (Lipinski definition) is 0. The second-order valence-electron chi connectivity index (χ2n) is 14.9. The molecule has 0 amide bonds. The fraction of sp³-hybridized carbons (Fsp3) is 0.653. The molecule has 2 aromatic carbocycles. The summed E-state index contributed by atoms with van der Waals surface area (Å²) in [5, 5.41) is 0.